The predicted octanol–water partition coefficient (Wildman–Crippen LogP) is 2.93. The number of alkyl halides is 1. The normalized spacial score (nSPS) is 28.8. The van der Waals surface area contributed by atoms with Gasteiger partial charge in [-0.25, -0.2) is 0 Å². The topological polar surface area (TPSA) is 103 Å². The van der Waals surface area contributed by atoms with Crippen LogP contribution in [0.2, 0.25) is 5.02 Å². The first-order valence-corrected chi connectivity index (χ1v) is 14.0. The lowest BCUT2D eigenvalue weighted by atomic mass is 9.77. The standard InChI is InChI=1S/C27H39Cl2N5O3/c1-14(2)24(35)30-11-15-6-7-19(28)17(8-15)23-31-21-10-20(29)22(9-18(21)26(37)32-23)34-12-16(13-34)25(36)33-27(3,4)5/h6-8,14,16,18,20-23,31H,9-13H2,1-5H3,(H,30,35)(H,32,37)(H,33,36). The number of nitrogens with one attached hydrogen (secondary N) is 4. The number of carbonyl (C=O) groups excluding carboxylic acids is 3. The van der Waals surface area contributed by atoms with Crippen molar-refractivity contribution in [1.82, 2.24) is 26.2 Å². The first-order chi connectivity index (χ1) is 17.3. The quantitative estimate of drug-likeness (QED) is 0.407. The van der Waals surface area contributed by atoms with Crippen LogP contribution in [0, 0.1) is 17.8 Å². The summed E-state index contributed by atoms with van der Waals surface area (Å²) in [4.78, 5) is 39.9. The lowest BCUT2D eigenvalue weighted by molar-refractivity contribution is -0.137. The Morgan fingerprint density at radius 1 is 1.19 bits per heavy atom. The second-order valence-electron chi connectivity index (χ2n) is 12.0. The van der Waals surface area contributed by atoms with Crippen LogP contribution in [-0.2, 0) is 20.9 Å². The largest absolute Gasteiger partial charge is 0.352 e. The van der Waals surface area contributed by atoms with E-state index < -0.39 is 6.17 Å². The summed E-state index contributed by atoms with van der Waals surface area (Å²) in [7, 11) is 0. The molecule has 1 aromatic rings. The molecule has 1 aliphatic carbocycles. The Balaban J connectivity index is 1.37. The van der Waals surface area contributed by atoms with Gasteiger partial charge < -0.3 is 16.0 Å². The molecule has 5 unspecified atom stereocenters. The van der Waals surface area contributed by atoms with Gasteiger partial charge in [-0.2, -0.15) is 0 Å². The van der Waals surface area contributed by atoms with Crippen molar-refractivity contribution in [1.29, 1.82) is 0 Å². The summed E-state index contributed by atoms with van der Waals surface area (Å²) in [6.07, 6.45) is 0.863. The number of benzene rings is 1. The third kappa shape index (κ3) is 6.59. The zero-order valence-corrected chi connectivity index (χ0v) is 23.7. The molecular weight excluding hydrogens is 513 g/mol. The Morgan fingerprint density at radius 3 is 2.54 bits per heavy atom. The van der Waals surface area contributed by atoms with Gasteiger partial charge in [-0.1, -0.05) is 31.5 Å². The number of likely N-dealkylation sites (tertiary alicyclic amines) is 1. The van der Waals surface area contributed by atoms with E-state index in [2.05, 4.69) is 26.2 Å². The maximum Gasteiger partial charge on any atom is 0.226 e. The molecule has 3 fully saturated rings. The Labute approximate surface area is 229 Å². The van der Waals surface area contributed by atoms with E-state index in [-0.39, 0.29) is 58.5 Å². The Kier molecular flexibility index (Phi) is 8.43. The summed E-state index contributed by atoms with van der Waals surface area (Å²) in [5.74, 6) is -0.291. The molecule has 2 saturated heterocycles. The van der Waals surface area contributed by atoms with E-state index in [0.717, 1.165) is 11.1 Å². The highest BCUT2D eigenvalue weighted by Crippen LogP contribution is 2.38. The van der Waals surface area contributed by atoms with Gasteiger partial charge in [0.25, 0.3) is 0 Å². The van der Waals surface area contributed by atoms with Crippen molar-refractivity contribution in [2.24, 2.45) is 17.8 Å². The van der Waals surface area contributed by atoms with Gasteiger partial charge in [0.2, 0.25) is 17.7 Å². The minimum Gasteiger partial charge on any atom is -0.352 e. The van der Waals surface area contributed by atoms with E-state index in [1.54, 1.807) is 6.07 Å². The number of halogens is 2. The zero-order chi connectivity index (χ0) is 27.1. The highest BCUT2D eigenvalue weighted by molar-refractivity contribution is 6.31. The van der Waals surface area contributed by atoms with Crippen molar-refractivity contribution in [3.8, 4) is 0 Å². The van der Waals surface area contributed by atoms with Crippen molar-refractivity contribution in [3.63, 3.8) is 0 Å². The monoisotopic (exact) mass is 551 g/mol. The molecule has 2 aliphatic heterocycles. The van der Waals surface area contributed by atoms with Crippen LogP contribution in [0.3, 0.4) is 0 Å². The van der Waals surface area contributed by atoms with Crippen LogP contribution in [0.4, 0.5) is 0 Å². The lowest BCUT2D eigenvalue weighted by Gasteiger charge is -2.51. The summed E-state index contributed by atoms with van der Waals surface area (Å²) in [6.45, 7) is 11.4. The molecule has 10 heteroatoms. The molecule has 0 radical (unpaired) electrons. The minimum absolute atomic E-state index is 0.0144. The number of fused-ring (bicyclic) bond motifs is 1. The molecule has 1 saturated carbocycles. The average Bonchev–Trinajstić information content (AvgIpc) is 2.76. The average molecular weight is 553 g/mol. The number of hydrogen-bond donors (Lipinski definition) is 4. The van der Waals surface area contributed by atoms with E-state index in [1.165, 1.54) is 0 Å². The van der Waals surface area contributed by atoms with Gasteiger partial charge in [0.1, 0.15) is 6.17 Å². The van der Waals surface area contributed by atoms with Gasteiger partial charge in [-0.15, -0.1) is 11.6 Å². The van der Waals surface area contributed by atoms with Crippen molar-refractivity contribution in [3.05, 3.63) is 34.3 Å². The molecule has 204 valence electrons. The number of hydrogen-bond acceptors (Lipinski definition) is 5. The van der Waals surface area contributed by atoms with Crippen molar-refractivity contribution >= 4 is 40.9 Å². The molecule has 37 heavy (non-hydrogen) atoms. The SMILES string of the molecule is CC(C)C(=O)NCc1ccc(Cl)c(C2NC(=O)C3CC(N4CC(C(=O)NC(C)(C)C)C4)C(Cl)CC3N2)c1. The van der Waals surface area contributed by atoms with E-state index in [0.29, 0.717) is 37.5 Å². The molecule has 1 aromatic carbocycles. The summed E-state index contributed by atoms with van der Waals surface area (Å²) >= 11 is 13.4. The molecule has 0 aromatic heterocycles. The fourth-order valence-corrected chi connectivity index (χ4v) is 6.08. The fraction of sp³-hybridized carbons (Fsp3) is 0.667. The number of amides is 3. The van der Waals surface area contributed by atoms with Crippen LogP contribution in [0.15, 0.2) is 18.2 Å². The molecule has 8 nitrogen and oxygen atoms in total. The van der Waals surface area contributed by atoms with E-state index in [9.17, 15) is 14.4 Å². The van der Waals surface area contributed by atoms with Crippen molar-refractivity contribution < 1.29 is 14.4 Å². The number of nitrogens with zero attached hydrogens (tertiary/aromatic N) is 1. The molecule has 4 rings (SSSR count). The Hall–Kier alpha value is -1.87. The first-order valence-electron chi connectivity index (χ1n) is 13.1. The third-order valence-corrected chi connectivity index (χ3v) is 8.31. The molecule has 5 atom stereocenters. The maximum absolute atomic E-state index is 13.2. The second kappa shape index (κ2) is 11.1. The minimum atomic E-state index is -0.433. The van der Waals surface area contributed by atoms with E-state index >= 15 is 0 Å². The highest BCUT2D eigenvalue weighted by Gasteiger charge is 2.48. The molecule has 3 aliphatic rings. The molecule has 0 bridgehead atoms. The maximum atomic E-state index is 13.2. The number of carbonyl (C=O) groups is 3. The summed E-state index contributed by atoms with van der Waals surface area (Å²) in [5.41, 5.74) is 1.43. The van der Waals surface area contributed by atoms with Gasteiger partial charge in [0.05, 0.1) is 17.2 Å². The smallest absolute Gasteiger partial charge is 0.226 e. The van der Waals surface area contributed by atoms with Gasteiger partial charge in [0.15, 0.2) is 0 Å². The molecule has 2 heterocycles. The van der Waals surface area contributed by atoms with Crippen LogP contribution in [0.1, 0.15) is 64.8 Å². The van der Waals surface area contributed by atoms with Crippen LogP contribution in [0.25, 0.3) is 0 Å². The van der Waals surface area contributed by atoms with Crippen LogP contribution >= 0.6 is 23.2 Å². The highest BCUT2D eigenvalue weighted by atomic mass is 35.5. The summed E-state index contributed by atoms with van der Waals surface area (Å²) < 4.78 is 0. The van der Waals surface area contributed by atoms with Crippen molar-refractivity contribution in [2.45, 2.75) is 83.2 Å². The van der Waals surface area contributed by atoms with Crippen molar-refractivity contribution in [2.75, 3.05) is 13.1 Å². The van der Waals surface area contributed by atoms with Crippen LogP contribution in [0.5, 0.6) is 0 Å². The fourth-order valence-electron chi connectivity index (χ4n) is 5.40. The predicted molar refractivity (Wildman–Crippen MR) is 145 cm³/mol. The Morgan fingerprint density at radius 2 is 1.89 bits per heavy atom. The lowest BCUT2D eigenvalue weighted by Crippen LogP contribution is -2.66. The third-order valence-electron chi connectivity index (χ3n) is 7.49. The van der Waals surface area contributed by atoms with Gasteiger partial charge >= 0.3 is 0 Å². The van der Waals surface area contributed by atoms with Gasteiger partial charge in [-0.05, 0) is 51.3 Å². The van der Waals surface area contributed by atoms with Crippen LogP contribution in [-0.4, -0.2) is 58.7 Å². The number of rotatable bonds is 6. The Bertz CT molecular complexity index is 1040. The van der Waals surface area contributed by atoms with Gasteiger partial charge in [0, 0.05) is 53.8 Å². The van der Waals surface area contributed by atoms with E-state index in [1.807, 2.05) is 46.8 Å². The molecule has 4 N–H and O–H groups in total. The molecule has 3 amide bonds. The molecule has 0 spiro atoms. The summed E-state index contributed by atoms with van der Waals surface area (Å²) in [6, 6.07) is 5.59. The first kappa shape index (κ1) is 28.1. The second-order valence-corrected chi connectivity index (χ2v) is 13.0. The molecular formula is C27H39Cl2N5O3. The summed E-state index contributed by atoms with van der Waals surface area (Å²) in [5, 5.41) is 13.1. The van der Waals surface area contributed by atoms with Crippen LogP contribution < -0.4 is 21.3 Å². The van der Waals surface area contributed by atoms with E-state index in [4.69, 9.17) is 23.2 Å². The zero-order valence-electron chi connectivity index (χ0n) is 22.2. The van der Waals surface area contributed by atoms with Gasteiger partial charge in [-0.3, -0.25) is 24.6 Å².